The summed E-state index contributed by atoms with van der Waals surface area (Å²) in [6.45, 7) is -0.214. The van der Waals surface area contributed by atoms with Gasteiger partial charge in [-0.25, -0.2) is 4.90 Å². The van der Waals surface area contributed by atoms with Crippen molar-refractivity contribution >= 4 is 63.0 Å². The number of hydrogen-bond donors (Lipinski definition) is 2. The van der Waals surface area contributed by atoms with Crippen LogP contribution in [0.3, 0.4) is 0 Å². The maximum atomic E-state index is 14.0. The largest absolute Gasteiger partial charge is 0.484 e. The van der Waals surface area contributed by atoms with Crippen molar-refractivity contribution in [1.29, 1.82) is 0 Å². The van der Waals surface area contributed by atoms with E-state index in [4.69, 9.17) is 4.74 Å². The highest BCUT2D eigenvalue weighted by molar-refractivity contribution is 8.00. The second kappa shape index (κ2) is 11.8. The normalized spacial score (nSPS) is 26.3. The molecule has 4 aromatic carbocycles. The van der Waals surface area contributed by atoms with Crippen LogP contribution in [0.2, 0.25) is 0 Å². The molecule has 258 valence electrons. The Morgan fingerprint density at radius 1 is 0.882 bits per heavy atom. The molecule has 1 saturated heterocycles. The Bertz CT molecular complexity index is 2300. The lowest BCUT2D eigenvalue weighted by atomic mass is 9.68. The van der Waals surface area contributed by atoms with Crippen molar-refractivity contribution in [3.63, 3.8) is 0 Å². The number of imide groups is 1. The monoisotopic (exact) mass is 727 g/mol. The highest BCUT2D eigenvalue weighted by Gasteiger charge is 2.70. The van der Waals surface area contributed by atoms with E-state index in [0.717, 1.165) is 48.5 Å². The minimum absolute atomic E-state index is 0.123. The van der Waals surface area contributed by atoms with E-state index in [-0.39, 0.29) is 46.3 Å². The van der Waals surface area contributed by atoms with Gasteiger partial charge in [-0.15, -0.1) is 11.8 Å². The Kier molecular flexibility index (Phi) is 7.44. The summed E-state index contributed by atoms with van der Waals surface area (Å²) in [7, 11) is 0. The van der Waals surface area contributed by atoms with Gasteiger partial charge in [0.05, 0.1) is 28.1 Å². The van der Waals surface area contributed by atoms with Gasteiger partial charge >= 0.3 is 11.0 Å². The number of aromatic nitrogens is 1. The SMILES string of the molecule is O=C(COc1ccc([C@@H]2c3sc(=O)[nH]c3S[C@@H]3[C@@H]4C[C@@H]([C@@H]5C(=O)N(c6ccccc6C(F)(F)F)C(=O)[C@@H]45)[C@H]23)cc1)Nc1cccc2ccccc12. The summed E-state index contributed by atoms with van der Waals surface area (Å²) in [6.07, 6.45) is -4.13. The van der Waals surface area contributed by atoms with Crippen LogP contribution in [-0.2, 0) is 20.6 Å². The fourth-order valence-electron chi connectivity index (χ4n) is 8.98. The molecule has 3 fully saturated rings. The number of nitrogens with one attached hydrogen (secondary N) is 2. The zero-order valence-electron chi connectivity index (χ0n) is 26.6. The van der Waals surface area contributed by atoms with Gasteiger partial charge in [-0.05, 0) is 65.5 Å². The van der Waals surface area contributed by atoms with E-state index in [0.29, 0.717) is 17.9 Å². The number of thioether (sulfide) groups is 1. The molecule has 7 atom stereocenters. The van der Waals surface area contributed by atoms with Crippen LogP contribution in [-0.4, -0.2) is 34.6 Å². The van der Waals surface area contributed by atoms with Crippen molar-refractivity contribution in [2.75, 3.05) is 16.8 Å². The van der Waals surface area contributed by atoms with Crippen LogP contribution >= 0.6 is 23.1 Å². The van der Waals surface area contributed by atoms with Gasteiger partial charge in [0.25, 0.3) is 5.91 Å². The topological polar surface area (TPSA) is 109 Å². The number of amides is 3. The molecular formula is C38H28F3N3O5S2. The molecule has 13 heteroatoms. The van der Waals surface area contributed by atoms with E-state index in [1.165, 1.54) is 30.0 Å². The number of benzene rings is 4. The smallest absolute Gasteiger partial charge is 0.418 e. The fourth-order valence-corrected chi connectivity index (χ4v) is 11.9. The van der Waals surface area contributed by atoms with Gasteiger partial charge < -0.3 is 15.0 Å². The minimum Gasteiger partial charge on any atom is -0.484 e. The van der Waals surface area contributed by atoms with Gasteiger partial charge in [-0.3, -0.25) is 19.2 Å². The Hall–Kier alpha value is -4.88. The van der Waals surface area contributed by atoms with Crippen LogP contribution in [0.1, 0.15) is 28.3 Å². The Balaban J connectivity index is 0.977. The predicted molar refractivity (Wildman–Crippen MR) is 187 cm³/mol. The third kappa shape index (κ3) is 5.11. The van der Waals surface area contributed by atoms with Crippen LogP contribution in [0.25, 0.3) is 10.8 Å². The maximum absolute atomic E-state index is 14.0. The molecule has 0 radical (unpaired) electrons. The molecule has 3 amide bonds. The second-order valence-corrected chi connectivity index (χ2v) is 15.6. The number of carbonyl (C=O) groups excluding carboxylic acids is 3. The number of carbonyl (C=O) groups is 3. The number of fused-ring (bicyclic) bond motifs is 10. The molecule has 2 aliphatic carbocycles. The Morgan fingerprint density at radius 3 is 2.37 bits per heavy atom. The van der Waals surface area contributed by atoms with Gasteiger partial charge in [0.15, 0.2) is 6.61 Å². The van der Waals surface area contributed by atoms with E-state index in [9.17, 15) is 32.3 Å². The number of para-hydroxylation sites is 1. The molecule has 51 heavy (non-hydrogen) atoms. The van der Waals surface area contributed by atoms with E-state index in [2.05, 4.69) is 10.3 Å². The Labute approximate surface area is 297 Å². The van der Waals surface area contributed by atoms with Gasteiger partial charge in [-0.1, -0.05) is 72.0 Å². The molecule has 0 unspecified atom stereocenters. The lowest BCUT2D eigenvalue weighted by Gasteiger charge is -2.43. The quantitative estimate of drug-likeness (QED) is 0.178. The van der Waals surface area contributed by atoms with Crippen molar-refractivity contribution in [2.45, 2.75) is 28.8 Å². The zero-order chi connectivity index (χ0) is 35.2. The maximum Gasteiger partial charge on any atom is 0.418 e. The Morgan fingerprint density at radius 2 is 1.59 bits per heavy atom. The predicted octanol–water partition coefficient (Wildman–Crippen LogP) is 7.30. The highest BCUT2D eigenvalue weighted by Crippen LogP contribution is 2.69. The molecule has 3 heterocycles. The van der Waals surface area contributed by atoms with E-state index >= 15 is 0 Å². The average molecular weight is 728 g/mol. The van der Waals surface area contributed by atoms with Gasteiger partial charge in [0.2, 0.25) is 11.8 Å². The summed E-state index contributed by atoms with van der Waals surface area (Å²) in [5.41, 5.74) is 0.128. The van der Waals surface area contributed by atoms with E-state index < -0.39 is 41.1 Å². The summed E-state index contributed by atoms with van der Waals surface area (Å²) in [4.78, 5) is 57.7. The molecule has 2 N–H and O–H groups in total. The summed E-state index contributed by atoms with van der Waals surface area (Å²) >= 11 is 2.62. The zero-order valence-corrected chi connectivity index (χ0v) is 28.2. The molecular weight excluding hydrogens is 700 g/mol. The van der Waals surface area contributed by atoms with Crippen molar-refractivity contribution in [3.8, 4) is 5.75 Å². The molecule has 2 bridgehead atoms. The number of alkyl halides is 3. The first-order valence-corrected chi connectivity index (χ1v) is 18.2. The molecule has 5 aromatic rings. The van der Waals surface area contributed by atoms with E-state index in [1.807, 2.05) is 54.6 Å². The number of ether oxygens (including phenoxy) is 1. The van der Waals surface area contributed by atoms with Gasteiger partial charge in [0.1, 0.15) is 5.75 Å². The standard InChI is InChI=1S/C38H28F3N3O5S2/c39-38(40,41)24-9-3-4-11-26(24)44-35(46)30-22-16-23(31(30)36(44)47)32-29(22)28(33-34(50-32)43-37(48)51-33)19-12-14-20(15-13-19)49-17-27(45)42-25-10-5-7-18-6-1-2-8-21(18)25/h1-15,22-23,28-32H,16-17H2,(H,42,45)(H,43,48)/t22-,23-,28+,29-,30+,31+,32-/m1/s1. The van der Waals surface area contributed by atoms with Crippen molar-refractivity contribution in [3.05, 3.63) is 117 Å². The minimum atomic E-state index is -4.74. The van der Waals surface area contributed by atoms with Crippen molar-refractivity contribution in [2.24, 2.45) is 29.6 Å². The van der Waals surface area contributed by atoms with Crippen LogP contribution in [0.5, 0.6) is 5.75 Å². The number of aromatic amines is 1. The molecule has 1 aromatic heterocycles. The number of hydrogen-bond acceptors (Lipinski definition) is 7. The highest BCUT2D eigenvalue weighted by atomic mass is 32.2. The number of rotatable bonds is 6. The third-order valence-electron chi connectivity index (χ3n) is 10.8. The van der Waals surface area contributed by atoms with Crippen molar-refractivity contribution < 1.29 is 32.3 Å². The first-order valence-electron chi connectivity index (χ1n) is 16.5. The molecule has 0 spiro atoms. The van der Waals surface area contributed by atoms with Crippen LogP contribution in [0.15, 0.2) is 101 Å². The summed E-state index contributed by atoms with van der Waals surface area (Å²) < 4.78 is 47.8. The molecule has 8 nitrogen and oxygen atoms in total. The first kappa shape index (κ1) is 32.1. The summed E-state index contributed by atoms with van der Waals surface area (Å²) in [6, 6.07) is 25.5. The van der Waals surface area contributed by atoms with Gasteiger partial charge in [-0.2, -0.15) is 13.2 Å². The summed E-state index contributed by atoms with van der Waals surface area (Å²) in [5.74, 6) is -3.40. The number of halogens is 3. The molecule has 2 saturated carbocycles. The lowest BCUT2D eigenvalue weighted by Crippen LogP contribution is -2.42. The average Bonchev–Trinajstić information content (AvgIpc) is 3.86. The third-order valence-corrected chi connectivity index (χ3v) is 13.4. The molecule has 9 rings (SSSR count). The fraction of sp³-hybridized carbons (Fsp3) is 0.263. The van der Waals surface area contributed by atoms with Crippen LogP contribution in [0, 0.1) is 29.6 Å². The number of thiazole rings is 1. The molecule has 4 aliphatic rings. The van der Waals surface area contributed by atoms with E-state index in [1.54, 1.807) is 12.1 Å². The second-order valence-electron chi connectivity index (χ2n) is 13.4. The first-order chi connectivity index (χ1) is 24.6. The molecule has 2 aliphatic heterocycles. The van der Waals surface area contributed by atoms with Crippen molar-refractivity contribution in [1.82, 2.24) is 4.98 Å². The van der Waals surface area contributed by atoms with Crippen LogP contribution in [0.4, 0.5) is 24.5 Å². The lowest BCUT2D eigenvalue weighted by molar-refractivity contribution is -0.137. The number of nitrogens with zero attached hydrogens (tertiary/aromatic N) is 1. The number of H-pyrrole nitrogens is 1. The van der Waals surface area contributed by atoms with Gasteiger partial charge in [0, 0.05) is 27.1 Å². The number of anilines is 2. The van der Waals surface area contributed by atoms with Crippen LogP contribution < -0.4 is 19.8 Å². The summed E-state index contributed by atoms with van der Waals surface area (Å²) in [5, 5.41) is 5.44.